The van der Waals surface area contributed by atoms with Crippen LogP contribution >= 0.6 is 0 Å². The number of ether oxygens (including phenoxy) is 1. The quantitative estimate of drug-likeness (QED) is 0.660. The molecule has 0 bridgehead atoms. The summed E-state index contributed by atoms with van der Waals surface area (Å²) in [6.45, 7) is 2.57. The summed E-state index contributed by atoms with van der Waals surface area (Å²) in [5.74, 6) is -0.335. The molecule has 9 heteroatoms. The van der Waals surface area contributed by atoms with Crippen LogP contribution in [0, 0.1) is 5.82 Å². The minimum absolute atomic E-state index is 0.0412. The lowest BCUT2D eigenvalue weighted by Gasteiger charge is -2.23. The molecular weight excluding hydrogens is 403 g/mol. The van der Waals surface area contributed by atoms with Gasteiger partial charge in [-0.15, -0.1) is 0 Å². The van der Waals surface area contributed by atoms with Crippen LogP contribution in [0.4, 0.5) is 10.2 Å². The number of amides is 1. The van der Waals surface area contributed by atoms with E-state index < -0.39 is 17.8 Å². The van der Waals surface area contributed by atoms with Gasteiger partial charge in [0.05, 0.1) is 13.2 Å². The van der Waals surface area contributed by atoms with E-state index in [1.165, 1.54) is 38.2 Å². The van der Waals surface area contributed by atoms with Crippen molar-refractivity contribution >= 4 is 11.7 Å². The van der Waals surface area contributed by atoms with Crippen molar-refractivity contribution in [3.8, 4) is 17.1 Å². The first-order valence-corrected chi connectivity index (χ1v) is 10.6. The number of hydrogen-bond acceptors (Lipinski definition) is 7. The molecule has 0 radical (unpaired) electrons. The summed E-state index contributed by atoms with van der Waals surface area (Å²) in [4.78, 5) is 16.9. The first-order valence-electron chi connectivity index (χ1n) is 10.6. The van der Waals surface area contributed by atoms with Gasteiger partial charge in [0, 0.05) is 32.7 Å². The van der Waals surface area contributed by atoms with Crippen LogP contribution in [0.15, 0.2) is 22.7 Å². The van der Waals surface area contributed by atoms with Gasteiger partial charge in [-0.05, 0) is 44.1 Å². The zero-order chi connectivity index (χ0) is 22.4. The molecule has 1 aliphatic heterocycles. The van der Waals surface area contributed by atoms with E-state index in [0.717, 1.165) is 25.9 Å². The Balaban J connectivity index is 1.74. The van der Waals surface area contributed by atoms with Crippen LogP contribution in [0.1, 0.15) is 36.0 Å². The van der Waals surface area contributed by atoms with Gasteiger partial charge in [-0.2, -0.15) is 0 Å². The fourth-order valence-electron chi connectivity index (χ4n) is 3.77. The Morgan fingerprint density at radius 2 is 2.03 bits per heavy atom. The van der Waals surface area contributed by atoms with Crippen molar-refractivity contribution in [2.75, 3.05) is 52.3 Å². The van der Waals surface area contributed by atoms with Crippen molar-refractivity contribution in [2.24, 2.45) is 0 Å². The van der Waals surface area contributed by atoms with Gasteiger partial charge in [-0.25, -0.2) is 4.39 Å². The highest BCUT2D eigenvalue weighted by atomic mass is 19.1. The average molecular weight is 435 g/mol. The molecule has 1 aromatic carbocycles. The fraction of sp³-hybridized carbons (Fsp3) is 0.545. The SMILES string of the molecule is COc1cc(-c2onc(N(C)C)c2C(=O)NCC(O)CN2CCCCCC2)ccc1F. The molecule has 1 atom stereocenters. The summed E-state index contributed by atoms with van der Waals surface area (Å²) in [5.41, 5.74) is 0.690. The summed E-state index contributed by atoms with van der Waals surface area (Å²) in [6.07, 6.45) is 4.04. The van der Waals surface area contributed by atoms with Crippen molar-refractivity contribution in [1.82, 2.24) is 15.4 Å². The monoisotopic (exact) mass is 434 g/mol. The number of aliphatic hydroxyl groups is 1. The number of anilines is 1. The number of benzene rings is 1. The molecule has 3 rings (SSSR count). The number of nitrogens with zero attached hydrogens (tertiary/aromatic N) is 3. The number of rotatable bonds is 8. The zero-order valence-corrected chi connectivity index (χ0v) is 18.4. The third-order valence-electron chi connectivity index (χ3n) is 5.40. The average Bonchev–Trinajstić information content (AvgIpc) is 3.04. The second-order valence-electron chi connectivity index (χ2n) is 8.03. The number of carbonyl (C=O) groups is 1. The van der Waals surface area contributed by atoms with E-state index >= 15 is 0 Å². The summed E-state index contributed by atoms with van der Waals surface area (Å²) >= 11 is 0. The maximum Gasteiger partial charge on any atom is 0.259 e. The van der Waals surface area contributed by atoms with Crippen LogP contribution in [-0.2, 0) is 0 Å². The first kappa shape index (κ1) is 23.0. The molecule has 0 spiro atoms. The predicted octanol–water partition coefficient (Wildman–Crippen LogP) is 2.52. The smallest absolute Gasteiger partial charge is 0.259 e. The number of aliphatic hydroxyl groups excluding tert-OH is 1. The summed E-state index contributed by atoms with van der Waals surface area (Å²) in [7, 11) is 4.86. The third kappa shape index (κ3) is 5.74. The van der Waals surface area contributed by atoms with Crippen molar-refractivity contribution in [3.63, 3.8) is 0 Å². The van der Waals surface area contributed by atoms with Gasteiger partial charge in [0.2, 0.25) is 0 Å². The highest BCUT2D eigenvalue weighted by Crippen LogP contribution is 2.33. The summed E-state index contributed by atoms with van der Waals surface area (Å²) < 4.78 is 24.3. The molecule has 2 heterocycles. The lowest BCUT2D eigenvalue weighted by atomic mass is 10.1. The summed E-state index contributed by atoms with van der Waals surface area (Å²) in [6, 6.07) is 4.21. The van der Waals surface area contributed by atoms with Crippen LogP contribution in [0.5, 0.6) is 5.75 Å². The first-order chi connectivity index (χ1) is 14.9. The molecule has 0 saturated carbocycles. The van der Waals surface area contributed by atoms with Crippen LogP contribution in [0.2, 0.25) is 0 Å². The van der Waals surface area contributed by atoms with E-state index in [4.69, 9.17) is 9.26 Å². The number of nitrogens with one attached hydrogen (secondary N) is 1. The van der Waals surface area contributed by atoms with Crippen LogP contribution in [0.3, 0.4) is 0 Å². The van der Waals surface area contributed by atoms with E-state index in [1.807, 2.05) is 0 Å². The van der Waals surface area contributed by atoms with Crippen molar-refractivity contribution in [3.05, 3.63) is 29.6 Å². The largest absolute Gasteiger partial charge is 0.494 e. The number of halogens is 1. The van der Waals surface area contributed by atoms with E-state index in [9.17, 15) is 14.3 Å². The van der Waals surface area contributed by atoms with Crippen molar-refractivity contribution < 1.29 is 23.6 Å². The highest BCUT2D eigenvalue weighted by molar-refractivity contribution is 6.04. The molecule has 31 heavy (non-hydrogen) atoms. The number of aromatic nitrogens is 1. The molecule has 170 valence electrons. The van der Waals surface area contributed by atoms with Crippen molar-refractivity contribution in [2.45, 2.75) is 31.8 Å². The maximum atomic E-state index is 13.8. The zero-order valence-electron chi connectivity index (χ0n) is 18.4. The van der Waals surface area contributed by atoms with Crippen LogP contribution in [0.25, 0.3) is 11.3 Å². The van der Waals surface area contributed by atoms with Crippen molar-refractivity contribution in [1.29, 1.82) is 0 Å². The van der Waals surface area contributed by atoms with Crippen LogP contribution in [-0.4, -0.2) is 74.6 Å². The number of methoxy groups -OCH3 is 1. The summed E-state index contributed by atoms with van der Waals surface area (Å²) in [5, 5.41) is 17.2. The highest BCUT2D eigenvalue weighted by Gasteiger charge is 2.26. The molecule has 1 aliphatic rings. The minimum atomic E-state index is -0.681. The molecule has 1 unspecified atom stereocenters. The van der Waals surface area contributed by atoms with Gasteiger partial charge in [0.1, 0.15) is 5.56 Å². The van der Waals surface area contributed by atoms with E-state index in [-0.39, 0.29) is 23.6 Å². The lowest BCUT2D eigenvalue weighted by Crippen LogP contribution is -2.40. The Hall–Kier alpha value is -2.65. The minimum Gasteiger partial charge on any atom is -0.494 e. The lowest BCUT2D eigenvalue weighted by molar-refractivity contribution is 0.0863. The molecule has 2 aromatic rings. The Kier molecular flexibility index (Phi) is 7.86. The third-order valence-corrected chi connectivity index (χ3v) is 5.40. The molecule has 0 aliphatic carbocycles. The standard InChI is InChI=1S/C22H31FN4O4/c1-26(2)21-19(20(31-25-21)15-8-9-17(23)18(12-15)30-3)22(29)24-13-16(28)14-27-10-6-4-5-7-11-27/h8-9,12,16,28H,4-7,10-11,13-14H2,1-3H3,(H,24,29). The molecular formula is C22H31FN4O4. The second-order valence-corrected chi connectivity index (χ2v) is 8.03. The number of β-amino-alcohol motifs (C(OH)–C–C–N with tert-alkyl or cyclic N) is 1. The molecule has 1 saturated heterocycles. The normalized spacial score (nSPS) is 15.9. The van der Waals surface area contributed by atoms with Gasteiger partial charge in [-0.3, -0.25) is 4.79 Å². The second kappa shape index (κ2) is 10.6. The number of carbonyl (C=O) groups excluding carboxylic acids is 1. The topological polar surface area (TPSA) is 91.1 Å². The van der Waals surface area contributed by atoms with Gasteiger partial charge in [0.15, 0.2) is 23.1 Å². The molecule has 1 fully saturated rings. The van der Waals surface area contributed by atoms with E-state index in [2.05, 4.69) is 15.4 Å². The number of hydrogen-bond donors (Lipinski definition) is 2. The Labute approximate surface area is 181 Å². The Morgan fingerprint density at radius 3 is 2.68 bits per heavy atom. The molecule has 2 N–H and O–H groups in total. The molecule has 1 aromatic heterocycles. The van der Waals surface area contributed by atoms with Gasteiger partial charge in [0.25, 0.3) is 5.91 Å². The predicted molar refractivity (Wildman–Crippen MR) is 116 cm³/mol. The molecule has 1 amide bonds. The Morgan fingerprint density at radius 1 is 1.32 bits per heavy atom. The number of likely N-dealkylation sites (tertiary alicyclic amines) is 1. The fourth-order valence-corrected chi connectivity index (χ4v) is 3.77. The van der Waals surface area contributed by atoms with Gasteiger partial charge < -0.3 is 29.5 Å². The van der Waals surface area contributed by atoms with Gasteiger partial charge in [-0.1, -0.05) is 18.0 Å². The van der Waals surface area contributed by atoms with Gasteiger partial charge >= 0.3 is 0 Å². The Bertz CT molecular complexity index is 878. The molecule has 8 nitrogen and oxygen atoms in total. The van der Waals surface area contributed by atoms with E-state index in [0.29, 0.717) is 17.9 Å². The van der Waals surface area contributed by atoms with E-state index in [1.54, 1.807) is 19.0 Å². The van der Waals surface area contributed by atoms with Crippen LogP contribution < -0.4 is 15.0 Å². The maximum absolute atomic E-state index is 13.8.